The number of nitrogens with zero attached hydrogens (tertiary/aromatic N) is 1. The molecule has 0 aliphatic carbocycles. The number of hydrogen-bond donors (Lipinski definition) is 2. The van der Waals surface area contributed by atoms with E-state index in [1.165, 1.54) is 29.2 Å². The topological polar surface area (TPSA) is 95.9 Å². The van der Waals surface area contributed by atoms with Gasteiger partial charge in [-0.25, -0.2) is 9.18 Å². The summed E-state index contributed by atoms with van der Waals surface area (Å²) >= 11 is 0. The Morgan fingerprint density at radius 2 is 2.04 bits per heavy atom. The average molecular weight is 324 g/mol. The lowest BCUT2D eigenvalue weighted by molar-refractivity contribution is -0.142. The number of carboxylic acids is 1. The van der Waals surface area contributed by atoms with Crippen LogP contribution in [0.15, 0.2) is 24.3 Å². The molecule has 0 bridgehead atoms. The largest absolute Gasteiger partial charge is 0.480 e. The second-order valence-electron chi connectivity index (χ2n) is 5.04. The van der Waals surface area contributed by atoms with Gasteiger partial charge in [-0.3, -0.25) is 9.59 Å². The Hall–Kier alpha value is -2.48. The molecule has 2 rings (SSSR count). The highest BCUT2D eigenvalue weighted by molar-refractivity contribution is 6.09. The van der Waals surface area contributed by atoms with E-state index in [1.807, 2.05) is 0 Å². The minimum atomic E-state index is -1.09. The highest BCUT2D eigenvalue weighted by atomic mass is 19.1. The fourth-order valence-electron chi connectivity index (χ4n) is 2.33. The van der Waals surface area contributed by atoms with Crippen LogP contribution in [-0.4, -0.2) is 49.2 Å². The summed E-state index contributed by atoms with van der Waals surface area (Å²) in [6.45, 7) is 0.141. The van der Waals surface area contributed by atoms with Gasteiger partial charge in [0.2, 0.25) is 11.8 Å². The van der Waals surface area contributed by atoms with Crippen molar-refractivity contribution in [2.24, 2.45) is 5.92 Å². The van der Waals surface area contributed by atoms with Crippen LogP contribution in [0, 0.1) is 11.7 Å². The molecule has 1 saturated heterocycles. The highest BCUT2D eigenvalue weighted by Crippen LogP contribution is 2.25. The van der Waals surface area contributed by atoms with E-state index in [2.05, 4.69) is 5.32 Å². The van der Waals surface area contributed by atoms with E-state index in [0.717, 1.165) is 0 Å². The molecule has 1 heterocycles. The van der Waals surface area contributed by atoms with E-state index in [9.17, 15) is 18.8 Å². The van der Waals surface area contributed by atoms with Crippen LogP contribution in [0.5, 0.6) is 0 Å². The molecule has 1 aromatic carbocycles. The maximum absolute atomic E-state index is 12.9. The molecule has 0 saturated carbocycles. The summed E-state index contributed by atoms with van der Waals surface area (Å²) in [7, 11) is 0. The van der Waals surface area contributed by atoms with Crippen molar-refractivity contribution in [3.05, 3.63) is 30.1 Å². The van der Waals surface area contributed by atoms with Gasteiger partial charge in [0, 0.05) is 18.8 Å². The summed E-state index contributed by atoms with van der Waals surface area (Å²) in [6, 6.07) is 5.51. The first-order chi connectivity index (χ1) is 11.0. The SMILES string of the molecule is O=C(O)COCCNC(=O)C1CCN(c2ccc(F)cc2)C1=O. The molecule has 1 fully saturated rings. The van der Waals surface area contributed by atoms with Gasteiger partial charge in [0.05, 0.1) is 6.61 Å². The van der Waals surface area contributed by atoms with Gasteiger partial charge < -0.3 is 20.1 Å². The fraction of sp³-hybridized carbons (Fsp3) is 0.400. The van der Waals surface area contributed by atoms with Crippen LogP contribution in [0.3, 0.4) is 0 Å². The third-order valence-electron chi connectivity index (χ3n) is 3.43. The number of halogens is 1. The van der Waals surface area contributed by atoms with Crippen LogP contribution in [0.4, 0.5) is 10.1 Å². The Balaban J connectivity index is 1.82. The molecule has 1 aliphatic rings. The predicted molar refractivity (Wildman–Crippen MR) is 78.3 cm³/mol. The summed E-state index contributed by atoms with van der Waals surface area (Å²) in [5, 5.41) is 10.9. The zero-order valence-corrected chi connectivity index (χ0v) is 12.3. The molecule has 0 radical (unpaired) electrons. The number of carbonyl (C=O) groups is 3. The minimum Gasteiger partial charge on any atom is -0.480 e. The van der Waals surface area contributed by atoms with Crippen molar-refractivity contribution >= 4 is 23.5 Å². The molecule has 2 N–H and O–H groups in total. The number of aliphatic carboxylic acids is 1. The van der Waals surface area contributed by atoms with Gasteiger partial charge in [0.25, 0.3) is 0 Å². The molecule has 0 aromatic heterocycles. The monoisotopic (exact) mass is 324 g/mol. The van der Waals surface area contributed by atoms with Crippen LogP contribution in [-0.2, 0) is 19.1 Å². The number of carbonyl (C=O) groups excluding carboxylic acids is 2. The van der Waals surface area contributed by atoms with Crippen LogP contribution < -0.4 is 10.2 Å². The first-order valence-electron chi connectivity index (χ1n) is 7.13. The molecule has 0 spiro atoms. The first-order valence-corrected chi connectivity index (χ1v) is 7.13. The van der Waals surface area contributed by atoms with E-state index in [0.29, 0.717) is 18.7 Å². The molecule has 1 unspecified atom stereocenters. The fourth-order valence-corrected chi connectivity index (χ4v) is 2.33. The number of hydrogen-bond acceptors (Lipinski definition) is 4. The predicted octanol–water partition coefficient (Wildman–Crippen LogP) is 0.396. The van der Waals surface area contributed by atoms with Crippen molar-refractivity contribution in [2.75, 3.05) is 31.2 Å². The van der Waals surface area contributed by atoms with E-state index >= 15 is 0 Å². The lowest BCUT2D eigenvalue weighted by Gasteiger charge is -2.16. The second-order valence-corrected chi connectivity index (χ2v) is 5.04. The first kappa shape index (κ1) is 16.9. The minimum absolute atomic E-state index is 0.0562. The number of ether oxygens (including phenoxy) is 1. The Labute approximate surface area is 132 Å². The number of carboxylic acid groups (broad SMARTS) is 1. The van der Waals surface area contributed by atoms with Gasteiger partial charge in [-0.1, -0.05) is 0 Å². The van der Waals surface area contributed by atoms with Gasteiger partial charge in [-0.05, 0) is 30.7 Å². The van der Waals surface area contributed by atoms with Crippen molar-refractivity contribution < 1.29 is 28.6 Å². The molecule has 1 atom stereocenters. The molecule has 23 heavy (non-hydrogen) atoms. The van der Waals surface area contributed by atoms with E-state index in [-0.39, 0.29) is 19.1 Å². The molecular formula is C15H17FN2O5. The third kappa shape index (κ3) is 4.49. The summed E-state index contributed by atoms with van der Waals surface area (Å²) < 4.78 is 17.7. The maximum Gasteiger partial charge on any atom is 0.329 e. The van der Waals surface area contributed by atoms with Crippen LogP contribution in [0.25, 0.3) is 0 Å². The van der Waals surface area contributed by atoms with Crippen molar-refractivity contribution in [3.63, 3.8) is 0 Å². The van der Waals surface area contributed by atoms with E-state index < -0.39 is 30.2 Å². The zero-order chi connectivity index (χ0) is 16.8. The lowest BCUT2D eigenvalue weighted by Crippen LogP contribution is -2.38. The molecular weight excluding hydrogens is 307 g/mol. The lowest BCUT2D eigenvalue weighted by atomic mass is 10.1. The van der Waals surface area contributed by atoms with Gasteiger partial charge in [0.1, 0.15) is 18.3 Å². The summed E-state index contributed by atoms with van der Waals surface area (Å²) in [6.07, 6.45) is 0.373. The van der Waals surface area contributed by atoms with E-state index in [1.54, 1.807) is 0 Å². The number of anilines is 1. The van der Waals surface area contributed by atoms with Crippen LogP contribution >= 0.6 is 0 Å². The molecule has 8 heteroatoms. The maximum atomic E-state index is 12.9. The Morgan fingerprint density at radius 1 is 1.35 bits per heavy atom. The molecule has 1 aliphatic heterocycles. The molecule has 2 amide bonds. The van der Waals surface area contributed by atoms with Crippen molar-refractivity contribution in [1.82, 2.24) is 5.32 Å². The molecule has 124 valence electrons. The van der Waals surface area contributed by atoms with Crippen molar-refractivity contribution in [3.8, 4) is 0 Å². The summed E-state index contributed by atoms with van der Waals surface area (Å²) in [5.41, 5.74) is 0.552. The Kier molecular flexibility index (Phi) is 5.64. The summed E-state index contributed by atoms with van der Waals surface area (Å²) in [4.78, 5) is 36.0. The van der Waals surface area contributed by atoms with Gasteiger partial charge in [0.15, 0.2) is 0 Å². The van der Waals surface area contributed by atoms with Crippen LogP contribution in [0.1, 0.15) is 6.42 Å². The smallest absolute Gasteiger partial charge is 0.329 e. The van der Waals surface area contributed by atoms with Crippen molar-refractivity contribution in [2.45, 2.75) is 6.42 Å². The number of amides is 2. The van der Waals surface area contributed by atoms with Crippen LogP contribution in [0.2, 0.25) is 0 Å². The van der Waals surface area contributed by atoms with Gasteiger partial charge in [-0.2, -0.15) is 0 Å². The normalized spacial score (nSPS) is 17.3. The van der Waals surface area contributed by atoms with Crippen molar-refractivity contribution in [1.29, 1.82) is 0 Å². The Morgan fingerprint density at radius 3 is 2.70 bits per heavy atom. The summed E-state index contributed by atoms with van der Waals surface area (Å²) in [5.74, 6) is -3.02. The Bertz CT molecular complexity index is 590. The highest BCUT2D eigenvalue weighted by Gasteiger charge is 2.37. The zero-order valence-electron chi connectivity index (χ0n) is 12.3. The number of nitrogens with one attached hydrogen (secondary N) is 1. The van der Waals surface area contributed by atoms with Gasteiger partial charge >= 0.3 is 5.97 Å². The second kappa shape index (κ2) is 7.68. The van der Waals surface area contributed by atoms with Gasteiger partial charge in [-0.15, -0.1) is 0 Å². The number of rotatable bonds is 7. The quantitative estimate of drug-likeness (QED) is 0.559. The van der Waals surface area contributed by atoms with E-state index in [4.69, 9.17) is 9.84 Å². The molecule has 1 aromatic rings. The average Bonchev–Trinajstić information content (AvgIpc) is 2.89. The molecule has 7 nitrogen and oxygen atoms in total. The standard InChI is InChI=1S/C15H17FN2O5/c16-10-1-3-11(4-2-10)18-7-5-12(15(18)22)14(21)17-6-8-23-9-13(19)20/h1-4,12H,5-9H2,(H,17,21)(H,19,20). The third-order valence-corrected chi connectivity index (χ3v) is 3.43. The number of benzene rings is 1.